The monoisotopic (exact) mass is 376 g/mol. The lowest BCUT2D eigenvalue weighted by atomic mass is 10.0. The third-order valence-electron chi connectivity index (χ3n) is 4.33. The van der Waals surface area contributed by atoms with Crippen LogP contribution in [0.25, 0.3) is 0 Å². The highest BCUT2D eigenvalue weighted by atomic mass is 32.1. The Kier molecular flexibility index (Phi) is 6.18. The number of likely N-dealkylation sites (tertiary alicyclic amines) is 1. The molecule has 0 saturated carbocycles. The van der Waals surface area contributed by atoms with Crippen LogP contribution in [0.2, 0.25) is 0 Å². The summed E-state index contributed by atoms with van der Waals surface area (Å²) in [6, 6.07) is 3.09. The first-order valence-electron chi connectivity index (χ1n) is 8.77. The number of ether oxygens (including phenoxy) is 1. The number of aromatic nitrogens is 2. The molecule has 0 radical (unpaired) electrons. The number of hydrogen-bond donors (Lipinski definition) is 2. The van der Waals surface area contributed by atoms with Crippen molar-refractivity contribution in [3.63, 3.8) is 0 Å². The maximum Gasteiger partial charge on any atom is 0.257 e. The van der Waals surface area contributed by atoms with Gasteiger partial charge < -0.3 is 15.2 Å². The topological polar surface area (TPSA) is 87.6 Å². The smallest absolute Gasteiger partial charge is 0.257 e. The van der Waals surface area contributed by atoms with Crippen molar-refractivity contribution in [2.75, 3.05) is 19.7 Å². The van der Waals surface area contributed by atoms with Gasteiger partial charge in [-0.05, 0) is 32.4 Å². The van der Waals surface area contributed by atoms with Crippen LogP contribution >= 0.6 is 11.3 Å². The van der Waals surface area contributed by atoms with Gasteiger partial charge in [0.15, 0.2) is 0 Å². The van der Waals surface area contributed by atoms with Crippen LogP contribution in [0.1, 0.15) is 34.4 Å². The van der Waals surface area contributed by atoms with Gasteiger partial charge in [0.25, 0.3) is 5.91 Å². The fraction of sp³-hybridized carbons (Fsp3) is 0.500. The molecular weight excluding hydrogens is 352 g/mol. The van der Waals surface area contributed by atoms with Crippen LogP contribution in [-0.4, -0.2) is 57.7 Å². The van der Waals surface area contributed by atoms with Crippen LogP contribution < -0.4 is 10.1 Å². The highest BCUT2D eigenvalue weighted by molar-refractivity contribution is 7.09. The van der Waals surface area contributed by atoms with E-state index >= 15 is 0 Å². The Bertz CT molecular complexity index is 752. The predicted molar refractivity (Wildman–Crippen MR) is 99.4 cm³/mol. The van der Waals surface area contributed by atoms with Crippen LogP contribution in [0.3, 0.4) is 0 Å². The maximum absolute atomic E-state index is 12.6. The summed E-state index contributed by atoms with van der Waals surface area (Å²) in [5.41, 5.74) is 1.42. The quantitative estimate of drug-likeness (QED) is 0.796. The largest absolute Gasteiger partial charge is 0.477 e. The number of thiazole rings is 1. The summed E-state index contributed by atoms with van der Waals surface area (Å²) in [5.74, 6) is 0.0486. The summed E-state index contributed by atoms with van der Waals surface area (Å²) in [5, 5.41) is 16.5. The molecule has 1 aliphatic heterocycles. The lowest BCUT2D eigenvalue weighted by Gasteiger charge is -2.36. The van der Waals surface area contributed by atoms with Crippen molar-refractivity contribution in [1.82, 2.24) is 20.2 Å². The molecule has 1 saturated heterocycles. The normalized spacial score (nSPS) is 20.7. The minimum Gasteiger partial charge on any atom is -0.477 e. The highest BCUT2D eigenvalue weighted by Crippen LogP contribution is 2.18. The van der Waals surface area contributed by atoms with Gasteiger partial charge in [0.1, 0.15) is 5.56 Å². The molecule has 7 nitrogen and oxygen atoms in total. The molecule has 3 heterocycles. The van der Waals surface area contributed by atoms with Gasteiger partial charge >= 0.3 is 0 Å². The lowest BCUT2D eigenvalue weighted by Crippen LogP contribution is -2.53. The fourth-order valence-corrected chi connectivity index (χ4v) is 3.68. The summed E-state index contributed by atoms with van der Waals surface area (Å²) in [7, 11) is 0. The number of nitrogens with zero attached hydrogens (tertiary/aromatic N) is 3. The zero-order valence-electron chi connectivity index (χ0n) is 15.0. The molecule has 8 heteroatoms. The Morgan fingerprint density at radius 3 is 3.08 bits per heavy atom. The summed E-state index contributed by atoms with van der Waals surface area (Å²) in [6.07, 6.45) is 1.65. The number of aryl methyl sites for hydroxylation is 1. The average molecular weight is 376 g/mol. The molecule has 2 aromatic rings. The standard InChI is InChI=1S/C18H24N4O3S/c1-3-25-18-14(5-4-7-19-18)17(24)21-15-6-8-22(10-16(15)23)9-13-11-26-12(2)20-13/h4-5,7,11,15-16,23H,3,6,8-10H2,1-2H3,(H,21,24)/t15-,16-/m1/s1. The summed E-state index contributed by atoms with van der Waals surface area (Å²) >= 11 is 1.63. The molecule has 0 aliphatic carbocycles. The van der Waals surface area contributed by atoms with E-state index in [2.05, 4.69) is 20.2 Å². The summed E-state index contributed by atoms with van der Waals surface area (Å²) < 4.78 is 5.41. The number of aliphatic hydroxyl groups is 1. The van der Waals surface area contributed by atoms with Gasteiger partial charge in [-0.1, -0.05) is 0 Å². The van der Waals surface area contributed by atoms with Crippen molar-refractivity contribution < 1.29 is 14.6 Å². The SMILES string of the molecule is CCOc1ncccc1C(=O)N[C@@H]1CCN(Cc2csc(C)n2)C[C@H]1O. The summed E-state index contributed by atoms with van der Waals surface area (Å²) in [4.78, 5) is 23.3. The van der Waals surface area contributed by atoms with Crippen molar-refractivity contribution >= 4 is 17.2 Å². The fourth-order valence-electron chi connectivity index (χ4n) is 3.08. The summed E-state index contributed by atoms with van der Waals surface area (Å²) in [6.45, 7) is 6.30. The molecule has 1 fully saturated rings. The molecule has 2 aromatic heterocycles. The molecule has 0 spiro atoms. The van der Waals surface area contributed by atoms with Crippen LogP contribution in [0.4, 0.5) is 0 Å². The number of carbonyl (C=O) groups is 1. The Hall–Kier alpha value is -2.03. The van der Waals surface area contributed by atoms with Gasteiger partial charge in [-0.15, -0.1) is 11.3 Å². The Labute approximate surface area is 157 Å². The molecule has 2 N–H and O–H groups in total. The van der Waals surface area contributed by atoms with Crippen LogP contribution in [0.15, 0.2) is 23.7 Å². The molecule has 3 rings (SSSR count). The number of piperidine rings is 1. The molecule has 0 bridgehead atoms. The van der Waals surface area contributed by atoms with Gasteiger partial charge in [0.05, 0.1) is 29.5 Å². The molecule has 140 valence electrons. The van der Waals surface area contributed by atoms with Gasteiger partial charge in [0, 0.05) is 31.2 Å². The first-order chi connectivity index (χ1) is 12.6. The van der Waals surface area contributed by atoms with E-state index in [0.29, 0.717) is 31.0 Å². The molecule has 0 aromatic carbocycles. The minimum absolute atomic E-state index is 0.269. The molecule has 26 heavy (non-hydrogen) atoms. The van der Waals surface area contributed by atoms with E-state index in [1.54, 1.807) is 29.7 Å². The van der Waals surface area contributed by atoms with E-state index in [0.717, 1.165) is 23.8 Å². The second-order valence-corrected chi connectivity index (χ2v) is 7.38. The number of nitrogens with one attached hydrogen (secondary N) is 1. The number of carbonyl (C=O) groups excluding carboxylic acids is 1. The van der Waals surface area contributed by atoms with Crippen molar-refractivity contribution in [1.29, 1.82) is 0 Å². The first-order valence-corrected chi connectivity index (χ1v) is 9.65. The van der Waals surface area contributed by atoms with Gasteiger partial charge in [-0.3, -0.25) is 9.69 Å². The van der Waals surface area contributed by atoms with Gasteiger partial charge in [0.2, 0.25) is 5.88 Å². The second-order valence-electron chi connectivity index (χ2n) is 6.32. The van der Waals surface area contributed by atoms with Crippen molar-refractivity contribution in [3.8, 4) is 5.88 Å². The van der Waals surface area contributed by atoms with E-state index in [4.69, 9.17) is 4.74 Å². The molecule has 1 amide bonds. The molecule has 0 unspecified atom stereocenters. The van der Waals surface area contributed by atoms with E-state index in [9.17, 15) is 9.90 Å². The molecule has 1 aliphatic rings. The highest BCUT2D eigenvalue weighted by Gasteiger charge is 2.30. The Morgan fingerprint density at radius 1 is 1.54 bits per heavy atom. The number of rotatable bonds is 6. The molecular formula is C18H24N4O3S. The lowest BCUT2D eigenvalue weighted by molar-refractivity contribution is 0.0345. The zero-order chi connectivity index (χ0) is 18.5. The Balaban J connectivity index is 1.57. The first kappa shape index (κ1) is 18.8. The van der Waals surface area contributed by atoms with E-state index in [-0.39, 0.29) is 11.9 Å². The maximum atomic E-state index is 12.6. The van der Waals surface area contributed by atoms with Crippen LogP contribution in [0.5, 0.6) is 5.88 Å². The van der Waals surface area contributed by atoms with Crippen LogP contribution in [0, 0.1) is 6.92 Å². The third-order valence-corrected chi connectivity index (χ3v) is 5.15. The predicted octanol–water partition coefficient (Wildman–Crippen LogP) is 1.61. The van der Waals surface area contributed by atoms with Crippen LogP contribution in [-0.2, 0) is 6.54 Å². The third kappa shape index (κ3) is 4.57. The zero-order valence-corrected chi connectivity index (χ0v) is 15.8. The average Bonchev–Trinajstić information content (AvgIpc) is 3.03. The van der Waals surface area contributed by atoms with Gasteiger partial charge in [-0.25, -0.2) is 9.97 Å². The Morgan fingerprint density at radius 2 is 2.38 bits per heavy atom. The number of amides is 1. The minimum atomic E-state index is -0.625. The second kappa shape index (κ2) is 8.57. The number of aliphatic hydroxyl groups excluding tert-OH is 1. The van der Waals surface area contributed by atoms with E-state index in [1.165, 1.54) is 0 Å². The van der Waals surface area contributed by atoms with Crippen molar-refractivity contribution in [2.45, 2.75) is 39.0 Å². The van der Waals surface area contributed by atoms with E-state index in [1.807, 2.05) is 19.2 Å². The van der Waals surface area contributed by atoms with Crippen molar-refractivity contribution in [3.05, 3.63) is 40.0 Å². The van der Waals surface area contributed by atoms with Crippen molar-refractivity contribution in [2.24, 2.45) is 0 Å². The van der Waals surface area contributed by atoms with E-state index < -0.39 is 6.10 Å². The number of β-amino-alcohol motifs (C(OH)–C–C–N with tert-alkyl or cyclic N) is 1. The van der Waals surface area contributed by atoms with Gasteiger partial charge in [-0.2, -0.15) is 0 Å². The number of hydrogen-bond acceptors (Lipinski definition) is 7. The molecule has 2 atom stereocenters. The number of pyridine rings is 1.